The Morgan fingerprint density at radius 2 is 1.86 bits per heavy atom. The molecule has 1 aliphatic heterocycles. The monoisotopic (exact) mass is 479 g/mol. The number of fused-ring (bicyclic) bond motifs is 1. The summed E-state index contributed by atoms with van der Waals surface area (Å²) in [5.41, 5.74) is 4.20. The number of anilines is 1. The maximum atomic E-state index is 12.8. The van der Waals surface area contributed by atoms with Crippen LogP contribution in [0.5, 0.6) is 0 Å². The molecule has 1 saturated heterocycles. The quantitative estimate of drug-likeness (QED) is 0.363. The standard InChI is InChI=1S/C30H29N3O3/c1-36-30(35)23-8-10-27(11-9-23)32-29(34)25-6-2-4-21(17-25)19-33-15-13-22(20-33)16-24-5-3-7-26-18-31-14-12-28(24)26/h2-12,14,17-18,22H,13,15-16,19-20H2,1H3,(H,32,34). The number of rotatable bonds is 7. The molecule has 182 valence electrons. The van der Waals surface area contributed by atoms with Crippen LogP contribution in [0.4, 0.5) is 5.69 Å². The molecule has 36 heavy (non-hydrogen) atoms. The highest BCUT2D eigenvalue weighted by Crippen LogP contribution is 2.26. The van der Waals surface area contributed by atoms with E-state index in [1.165, 1.54) is 29.9 Å². The molecule has 0 aliphatic carbocycles. The number of likely N-dealkylation sites (tertiary alicyclic amines) is 1. The van der Waals surface area contributed by atoms with Gasteiger partial charge in [0.25, 0.3) is 5.91 Å². The number of methoxy groups -OCH3 is 1. The molecule has 1 atom stereocenters. The minimum absolute atomic E-state index is 0.174. The predicted octanol–water partition coefficient (Wildman–Crippen LogP) is 5.34. The van der Waals surface area contributed by atoms with Crippen molar-refractivity contribution in [3.8, 4) is 0 Å². The first kappa shape index (κ1) is 23.7. The summed E-state index contributed by atoms with van der Waals surface area (Å²) in [4.78, 5) is 31.1. The van der Waals surface area contributed by atoms with Gasteiger partial charge in [0.05, 0.1) is 12.7 Å². The van der Waals surface area contributed by atoms with Gasteiger partial charge in [-0.1, -0.05) is 30.3 Å². The van der Waals surface area contributed by atoms with Gasteiger partial charge in [-0.25, -0.2) is 4.79 Å². The second-order valence-corrected chi connectivity index (χ2v) is 9.33. The number of hydrogen-bond donors (Lipinski definition) is 1. The van der Waals surface area contributed by atoms with Crippen LogP contribution in [0.3, 0.4) is 0 Å². The number of aromatic nitrogens is 1. The van der Waals surface area contributed by atoms with Gasteiger partial charge in [0.1, 0.15) is 0 Å². The van der Waals surface area contributed by atoms with Gasteiger partial charge in [-0.15, -0.1) is 0 Å². The van der Waals surface area contributed by atoms with Gasteiger partial charge in [-0.2, -0.15) is 0 Å². The molecule has 0 radical (unpaired) electrons. The fraction of sp³-hybridized carbons (Fsp3) is 0.233. The lowest BCUT2D eigenvalue weighted by Gasteiger charge is -2.17. The molecule has 1 aliphatic rings. The van der Waals surface area contributed by atoms with E-state index in [1.54, 1.807) is 24.3 Å². The second kappa shape index (κ2) is 10.7. The molecule has 0 saturated carbocycles. The Balaban J connectivity index is 1.19. The first-order valence-corrected chi connectivity index (χ1v) is 12.2. The number of pyridine rings is 1. The van der Waals surface area contributed by atoms with Crippen molar-refractivity contribution in [3.05, 3.63) is 107 Å². The highest BCUT2D eigenvalue weighted by atomic mass is 16.5. The van der Waals surface area contributed by atoms with E-state index in [0.29, 0.717) is 22.7 Å². The highest BCUT2D eigenvalue weighted by molar-refractivity contribution is 6.04. The average Bonchev–Trinajstić information content (AvgIpc) is 3.35. The number of hydrogen-bond acceptors (Lipinski definition) is 5. The van der Waals surface area contributed by atoms with Crippen molar-refractivity contribution in [3.63, 3.8) is 0 Å². The molecule has 5 rings (SSSR count). The molecule has 0 spiro atoms. The summed E-state index contributed by atoms with van der Waals surface area (Å²) < 4.78 is 4.71. The van der Waals surface area contributed by atoms with Crippen LogP contribution in [0.25, 0.3) is 10.8 Å². The first-order chi connectivity index (χ1) is 17.6. The van der Waals surface area contributed by atoms with E-state index in [1.807, 2.05) is 30.6 Å². The number of carbonyl (C=O) groups excluding carboxylic acids is 2. The molecule has 4 aromatic rings. The van der Waals surface area contributed by atoms with Gasteiger partial charge >= 0.3 is 5.97 Å². The van der Waals surface area contributed by atoms with E-state index in [2.05, 4.69) is 45.5 Å². The minimum Gasteiger partial charge on any atom is -0.465 e. The van der Waals surface area contributed by atoms with E-state index in [0.717, 1.165) is 31.6 Å². The Kier molecular flexibility index (Phi) is 7.05. The third kappa shape index (κ3) is 5.44. The number of benzene rings is 3. The zero-order valence-corrected chi connectivity index (χ0v) is 20.3. The van der Waals surface area contributed by atoms with Crippen LogP contribution in [-0.4, -0.2) is 42.0 Å². The van der Waals surface area contributed by atoms with E-state index < -0.39 is 5.97 Å². The van der Waals surface area contributed by atoms with E-state index in [4.69, 9.17) is 4.74 Å². The van der Waals surface area contributed by atoms with E-state index >= 15 is 0 Å². The average molecular weight is 480 g/mol. The van der Waals surface area contributed by atoms with Gasteiger partial charge in [0, 0.05) is 42.1 Å². The van der Waals surface area contributed by atoms with Crippen LogP contribution < -0.4 is 5.32 Å². The fourth-order valence-electron chi connectivity index (χ4n) is 4.98. The normalized spacial score (nSPS) is 15.6. The summed E-state index contributed by atoms with van der Waals surface area (Å²) in [6.45, 7) is 2.93. The van der Waals surface area contributed by atoms with Gasteiger partial charge < -0.3 is 10.1 Å². The third-order valence-electron chi connectivity index (χ3n) is 6.81. The van der Waals surface area contributed by atoms with E-state index in [-0.39, 0.29) is 5.91 Å². The molecule has 2 heterocycles. The lowest BCUT2D eigenvalue weighted by molar-refractivity contribution is 0.0600. The lowest BCUT2D eigenvalue weighted by Crippen LogP contribution is -2.21. The topological polar surface area (TPSA) is 71.5 Å². The number of nitrogens with zero attached hydrogens (tertiary/aromatic N) is 2. The summed E-state index contributed by atoms with van der Waals surface area (Å²) >= 11 is 0. The Morgan fingerprint density at radius 1 is 1.03 bits per heavy atom. The Hall–Kier alpha value is -4.03. The SMILES string of the molecule is COC(=O)c1ccc(NC(=O)c2cccc(CN3CCC(Cc4cccc5cnccc45)C3)c2)cc1. The molecule has 1 N–H and O–H groups in total. The molecule has 1 amide bonds. The molecule has 0 bridgehead atoms. The molecular formula is C30H29N3O3. The second-order valence-electron chi connectivity index (χ2n) is 9.33. The minimum atomic E-state index is -0.404. The Bertz CT molecular complexity index is 1380. The van der Waals surface area contributed by atoms with Crippen molar-refractivity contribution in [2.45, 2.75) is 19.4 Å². The summed E-state index contributed by atoms with van der Waals surface area (Å²) in [6.07, 6.45) is 6.03. The maximum Gasteiger partial charge on any atom is 0.337 e. The largest absolute Gasteiger partial charge is 0.465 e. The van der Waals surface area contributed by atoms with Crippen LogP contribution in [0.15, 0.2) is 85.2 Å². The Morgan fingerprint density at radius 3 is 2.69 bits per heavy atom. The van der Waals surface area contributed by atoms with Crippen molar-refractivity contribution in [2.75, 3.05) is 25.5 Å². The van der Waals surface area contributed by atoms with Crippen LogP contribution in [-0.2, 0) is 17.7 Å². The third-order valence-corrected chi connectivity index (χ3v) is 6.81. The smallest absolute Gasteiger partial charge is 0.337 e. The number of amides is 1. The number of esters is 1. The van der Waals surface area contributed by atoms with Crippen molar-refractivity contribution in [2.24, 2.45) is 5.92 Å². The maximum absolute atomic E-state index is 12.8. The zero-order chi connectivity index (χ0) is 24.9. The Labute approximate surface area is 210 Å². The van der Waals surface area contributed by atoms with E-state index in [9.17, 15) is 9.59 Å². The molecule has 1 fully saturated rings. The van der Waals surface area contributed by atoms with Crippen LogP contribution in [0.1, 0.15) is 38.3 Å². The summed E-state index contributed by atoms with van der Waals surface area (Å²) in [6, 6.07) is 23.0. The zero-order valence-electron chi connectivity index (χ0n) is 20.3. The van der Waals surface area contributed by atoms with Crippen molar-refractivity contribution in [1.29, 1.82) is 0 Å². The molecule has 1 aromatic heterocycles. The van der Waals surface area contributed by atoms with Gasteiger partial charge in [-0.05, 0) is 84.3 Å². The number of nitrogens with one attached hydrogen (secondary N) is 1. The molecule has 3 aromatic carbocycles. The summed E-state index contributed by atoms with van der Waals surface area (Å²) in [5, 5.41) is 5.39. The number of carbonyl (C=O) groups is 2. The lowest BCUT2D eigenvalue weighted by atomic mass is 9.95. The van der Waals surface area contributed by atoms with Crippen LogP contribution in [0, 0.1) is 5.92 Å². The van der Waals surface area contributed by atoms with Gasteiger partial charge in [-0.3, -0.25) is 14.7 Å². The fourth-order valence-corrected chi connectivity index (χ4v) is 4.98. The molecule has 6 heteroatoms. The van der Waals surface area contributed by atoms with Gasteiger partial charge in [0.2, 0.25) is 0 Å². The number of ether oxygens (including phenoxy) is 1. The van der Waals surface area contributed by atoms with Crippen molar-refractivity contribution in [1.82, 2.24) is 9.88 Å². The summed E-state index contributed by atoms with van der Waals surface area (Å²) in [5.74, 6) is 0.0368. The summed E-state index contributed by atoms with van der Waals surface area (Å²) in [7, 11) is 1.34. The first-order valence-electron chi connectivity index (χ1n) is 12.2. The van der Waals surface area contributed by atoms with Crippen LogP contribution >= 0.6 is 0 Å². The molecular weight excluding hydrogens is 450 g/mol. The predicted molar refractivity (Wildman–Crippen MR) is 141 cm³/mol. The molecule has 1 unspecified atom stereocenters. The van der Waals surface area contributed by atoms with Crippen molar-refractivity contribution >= 4 is 28.3 Å². The van der Waals surface area contributed by atoms with Gasteiger partial charge in [0.15, 0.2) is 0 Å². The van der Waals surface area contributed by atoms with Crippen molar-refractivity contribution < 1.29 is 14.3 Å². The molecule has 6 nitrogen and oxygen atoms in total. The highest BCUT2D eigenvalue weighted by Gasteiger charge is 2.23. The van der Waals surface area contributed by atoms with Crippen LogP contribution in [0.2, 0.25) is 0 Å².